The lowest BCUT2D eigenvalue weighted by molar-refractivity contribution is -0.122. The van der Waals surface area contributed by atoms with Gasteiger partial charge in [0.25, 0.3) is 0 Å². The van der Waals surface area contributed by atoms with Crippen LogP contribution < -0.4 is 5.32 Å². The highest BCUT2D eigenvalue weighted by atomic mass is 16.5. The standard InChI is InChI=1S/C17H26N2O3/c1-22-13-16-4-2-14(3-5-16)10-18-17(21)11-19-8-6-15(12-20)7-9-19/h2-5,15,20H,6-13H2,1H3,(H,18,21). The fourth-order valence-electron chi connectivity index (χ4n) is 2.71. The van der Waals surface area contributed by atoms with E-state index in [9.17, 15) is 4.79 Å². The van der Waals surface area contributed by atoms with Crippen molar-refractivity contribution >= 4 is 5.91 Å². The summed E-state index contributed by atoms with van der Waals surface area (Å²) < 4.78 is 5.08. The Bertz CT molecular complexity index is 453. The third-order valence-electron chi connectivity index (χ3n) is 4.16. The van der Waals surface area contributed by atoms with Crippen molar-refractivity contribution in [3.05, 3.63) is 35.4 Å². The third-order valence-corrected chi connectivity index (χ3v) is 4.16. The van der Waals surface area contributed by atoms with Gasteiger partial charge in [0.15, 0.2) is 0 Å². The fourth-order valence-corrected chi connectivity index (χ4v) is 2.71. The van der Waals surface area contributed by atoms with Crippen molar-refractivity contribution in [1.29, 1.82) is 0 Å². The van der Waals surface area contributed by atoms with Gasteiger partial charge in [0.1, 0.15) is 0 Å². The summed E-state index contributed by atoms with van der Waals surface area (Å²) in [5.41, 5.74) is 2.22. The average Bonchev–Trinajstić information content (AvgIpc) is 2.55. The van der Waals surface area contributed by atoms with Gasteiger partial charge in [-0.3, -0.25) is 9.69 Å². The Balaban J connectivity index is 1.69. The van der Waals surface area contributed by atoms with Crippen LogP contribution in [0.4, 0.5) is 0 Å². The summed E-state index contributed by atoms with van der Waals surface area (Å²) in [6.07, 6.45) is 1.95. The van der Waals surface area contributed by atoms with Crippen molar-refractivity contribution in [2.45, 2.75) is 26.0 Å². The zero-order valence-electron chi connectivity index (χ0n) is 13.3. The van der Waals surface area contributed by atoms with Crippen molar-refractivity contribution in [1.82, 2.24) is 10.2 Å². The van der Waals surface area contributed by atoms with Crippen LogP contribution in [0, 0.1) is 5.92 Å². The molecule has 1 fully saturated rings. The van der Waals surface area contributed by atoms with Crippen LogP contribution in [0.1, 0.15) is 24.0 Å². The van der Waals surface area contributed by atoms with Gasteiger partial charge >= 0.3 is 0 Å². The zero-order valence-corrected chi connectivity index (χ0v) is 13.3. The molecule has 5 heteroatoms. The number of methoxy groups -OCH3 is 1. The molecule has 122 valence electrons. The highest BCUT2D eigenvalue weighted by molar-refractivity contribution is 5.78. The summed E-state index contributed by atoms with van der Waals surface area (Å²) >= 11 is 0. The number of nitrogens with one attached hydrogen (secondary N) is 1. The van der Waals surface area contributed by atoms with Gasteiger partial charge in [-0.2, -0.15) is 0 Å². The van der Waals surface area contributed by atoms with Crippen LogP contribution in [0.3, 0.4) is 0 Å². The van der Waals surface area contributed by atoms with Crippen LogP contribution >= 0.6 is 0 Å². The number of benzene rings is 1. The molecule has 0 unspecified atom stereocenters. The van der Waals surface area contributed by atoms with Crippen molar-refractivity contribution in [3.63, 3.8) is 0 Å². The molecule has 2 rings (SSSR count). The quantitative estimate of drug-likeness (QED) is 0.793. The van der Waals surface area contributed by atoms with Gasteiger partial charge in [0, 0.05) is 20.3 Å². The summed E-state index contributed by atoms with van der Waals surface area (Å²) in [7, 11) is 1.68. The molecule has 1 aromatic rings. The van der Waals surface area contributed by atoms with E-state index in [0.717, 1.165) is 37.1 Å². The molecule has 1 aliphatic heterocycles. The van der Waals surface area contributed by atoms with Crippen molar-refractivity contribution in [2.24, 2.45) is 5.92 Å². The second kappa shape index (κ2) is 8.88. The lowest BCUT2D eigenvalue weighted by atomic mass is 9.98. The normalized spacial score (nSPS) is 16.6. The van der Waals surface area contributed by atoms with E-state index in [1.54, 1.807) is 7.11 Å². The maximum atomic E-state index is 12.0. The number of aliphatic hydroxyl groups is 1. The first kappa shape index (κ1) is 16.9. The largest absolute Gasteiger partial charge is 0.396 e. The number of piperidine rings is 1. The number of aliphatic hydroxyl groups excluding tert-OH is 1. The minimum atomic E-state index is 0.0587. The van der Waals surface area contributed by atoms with E-state index in [1.165, 1.54) is 0 Å². The smallest absolute Gasteiger partial charge is 0.234 e. The third kappa shape index (κ3) is 5.40. The van der Waals surface area contributed by atoms with Crippen LogP contribution in [0.25, 0.3) is 0 Å². The van der Waals surface area contributed by atoms with Crippen LogP contribution in [0.2, 0.25) is 0 Å². The molecular weight excluding hydrogens is 280 g/mol. The maximum absolute atomic E-state index is 12.0. The number of nitrogens with zero attached hydrogens (tertiary/aromatic N) is 1. The Labute approximate surface area is 132 Å². The Morgan fingerprint density at radius 2 is 1.91 bits per heavy atom. The Kier molecular flexibility index (Phi) is 6.83. The molecule has 1 aromatic carbocycles. The number of hydrogen-bond acceptors (Lipinski definition) is 4. The topological polar surface area (TPSA) is 61.8 Å². The molecule has 5 nitrogen and oxygen atoms in total. The Hall–Kier alpha value is -1.43. The fraction of sp³-hybridized carbons (Fsp3) is 0.588. The first-order chi connectivity index (χ1) is 10.7. The second-order valence-electron chi connectivity index (χ2n) is 5.93. The Morgan fingerprint density at radius 3 is 2.50 bits per heavy atom. The van der Waals surface area contributed by atoms with Crippen molar-refractivity contribution < 1.29 is 14.6 Å². The van der Waals surface area contributed by atoms with Crippen molar-refractivity contribution in [2.75, 3.05) is 33.4 Å². The van der Waals surface area contributed by atoms with Gasteiger partial charge in [0.05, 0.1) is 13.2 Å². The number of rotatable bonds is 7. The van der Waals surface area contributed by atoms with Gasteiger partial charge < -0.3 is 15.2 Å². The highest BCUT2D eigenvalue weighted by Crippen LogP contribution is 2.15. The minimum absolute atomic E-state index is 0.0587. The van der Waals surface area contributed by atoms with E-state index >= 15 is 0 Å². The molecule has 0 saturated carbocycles. The number of carbonyl (C=O) groups is 1. The summed E-state index contributed by atoms with van der Waals surface area (Å²) in [4.78, 5) is 14.1. The lowest BCUT2D eigenvalue weighted by Crippen LogP contribution is -2.41. The molecule has 1 aliphatic rings. The predicted octanol–water partition coefficient (Wildman–Crippen LogP) is 1.15. The van der Waals surface area contributed by atoms with Gasteiger partial charge in [-0.05, 0) is 43.0 Å². The first-order valence-corrected chi connectivity index (χ1v) is 7.88. The number of hydrogen-bond donors (Lipinski definition) is 2. The van der Waals surface area contributed by atoms with Crippen LogP contribution in [-0.4, -0.2) is 49.3 Å². The van der Waals surface area contributed by atoms with Gasteiger partial charge in [0.2, 0.25) is 5.91 Å². The molecule has 1 amide bonds. The molecule has 0 spiro atoms. The molecule has 0 atom stereocenters. The molecule has 0 radical (unpaired) electrons. The van der Waals surface area contributed by atoms with Gasteiger partial charge in [-0.25, -0.2) is 0 Å². The molecular formula is C17H26N2O3. The molecule has 0 aliphatic carbocycles. The predicted molar refractivity (Wildman–Crippen MR) is 85.3 cm³/mol. The minimum Gasteiger partial charge on any atom is -0.396 e. The molecule has 0 aromatic heterocycles. The van der Waals surface area contributed by atoms with Crippen LogP contribution in [0.15, 0.2) is 24.3 Å². The number of carbonyl (C=O) groups excluding carboxylic acids is 1. The lowest BCUT2D eigenvalue weighted by Gasteiger charge is -2.30. The summed E-state index contributed by atoms with van der Waals surface area (Å²) in [5.74, 6) is 0.466. The van der Waals surface area contributed by atoms with E-state index in [4.69, 9.17) is 9.84 Å². The monoisotopic (exact) mass is 306 g/mol. The van der Waals surface area contributed by atoms with E-state index in [2.05, 4.69) is 10.2 Å². The number of amides is 1. The summed E-state index contributed by atoms with van der Waals surface area (Å²) in [6.45, 7) is 3.66. The Morgan fingerprint density at radius 1 is 1.27 bits per heavy atom. The van der Waals surface area contributed by atoms with Crippen LogP contribution in [0.5, 0.6) is 0 Å². The van der Waals surface area contributed by atoms with E-state index in [0.29, 0.717) is 25.6 Å². The number of ether oxygens (including phenoxy) is 1. The second-order valence-corrected chi connectivity index (χ2v) is 5.93. The molecule has 0 bridgehead atoms. The highest BCUT2D eigenvalue weighted by Gasteiger charge is 2.19. The van der Waals surface area contributed by atoms with Gasteiger partial charge in [-0.15, -0.1) is 0 Å². The molecule has 1 saturated heterocycles. The van der Waals surface area contributed by atoms with Gasteiger partial charge in [-0.1, -0.05) is 24.3 Å². The maximum Gasteiger partial charge on any atom is 0.234 e. The molecule has 1 heterocycles. The van der Waals surface area contributed by atoms with Crippen molar-refractivity contribution in [3.8, 4) is 0 Å². The molecule has 22 heavy (non-hydrogen) atoms. The number of likely N-dealkylation sites (tertiary alicyclic amines) is 1. The zero-order chi connectivity index (χ0) is 15.8. The molecule has 2 N–H and O–H groups in total. The first-order valence-electron chi connectivity index (χ1n) is 7.88. The SMILES string of the molecule is COCc1ccc(CNC(=O)CN2CCC(CO)CC2)cc1. The summed E-state index contributed by atoms with van der Waals surface area (Å²) in [5, 5.41) is 12.1. The van der Waals surface area contributed by atoms with E-state index in [1.807, 2.05) is 24.3 Å². The average molecular weight is 306 g/mol. The summed E-state index contributed by atoms with van der Waals surface area (Å²) in [6, 6.07) is 8.07. The van der Waals surface area contributed by atoms with E-state index < -0.39 is 0 Å². The van der Waals surface area contributed by atoms with Crippen LogP contribution in [-0.2, 0) is 22.7 Å². The van der Waals surface area contributed by atoms with E-state index in [-0.39, 0.29) is 12.5 Å².